The molecular weight excluding hydrogens is 266 g/mol. The van der Waals surface area contributed by atoms with E-state index in [-0.39, 0.29) is 5.91 Å². The zero-order chi connectivity index (χ0) is 15.7. The van der Waals surface area contributed by atoms with Gasteiger partial charge in [-0.25, -0.2) is 0 Å². The number of carbonyl (C=O) groups is 1. The quantitative estimate of drug-likeness (QED) is 0.688. The Balaban J connectivity index is 2.12. The molecule has 1 amide bonds. The van der Waals surface area contributed by atoms with E-state index in [1.165, 1.54) is 0 Å². The lowest BCUT2D eigenvalue weighted by molar-refractivity contribution is -0.121. The van der Waals surface area contributed by atoms with E-state index in [0.717, 1.165) is 11.3 Å². The second-order valence-electron chi connectivity index (χ2n) is 5.80. The molecule has 0 spiro atoms. The summed E-state index contributed by atoms with van der Waals surface area (Å²) < 4.78 is 5.64. The molecule has 0 bridgehead atoms. The normalized spacial score (nSPS) is 12.2. The highest BCUT2D eigenvalue weighted by Gasteiger charge is 2.09. The number of aliphatic hydroxyl groups is 1. The van der Waals surface area contributed by atoms with E-state index in [9.17, 15) is 9.90 Å². The topological polar surface area (TPSA) is 58.6 Å². The first kappa shape index (κ1) is 17.5. The lowest BCUT2D eigenvalue weighted by Crippen LogP contribution is -2.32. The maximum absolute atomic E-state index is 11.6. The number of nitrogens with one attached hydrogen (secondary N) is 1. The molecule has 0 saturated carbocycles. The van der Waals surface area contributed by atoms with Gasteiger partial charge in [-0.05, 0) is 37.3 Å². The van der Waals surface area contributed by atoms with Crippen molar-refractivity contribution in [2.24, 2.45) is 5.92 Å². The lowest BCUT2D eigenvalue weighted by Gasteiger charge is -2.14. The Bertz CT molecular complexity index is 432. The Hall–Kier alpha value is -1.55. The van der Waals surface area contributed by atoms with Gasteiger partial charge in [-0.2, -0.15) is 0 Å². The molecule has 0 aliphatic rings. The van der Waals surface area contributed by atoms with Gasteiger partial charge in [-0.15, -0.1) is 0 Å². The summed E-state index contributed by atoms with van der Waals surface area (Å²) in [4.78, 5) is 11.6. The van der Waals surface area contributed by atoms with Crippen molar-refractivity contribution in [2.75, 3.05) is 13.2 Å². The van der Waals surface area contributed by atoms with Crippen LogP contribution in [0.5, 0.6) is 5.75 Å². The fourth-order valence-corrected chi connectivity index (χ4v) is 2.08. The molecule has 0 heterocycles. The second-order valence-corrected chi connectivity index (χ2v) is 5.80. The molecule has 4 heteroatoms. The minimum Gasteiger partial charge on any atom is -0.493 e. The van der Waals surface area contributed by atoms with Crippen LogP contribution in [0.15, 0.2) is 24.3 Å². The molecule has 0 aromatic heterocycles. The molecule has 0 saturated heterocycles. The van der Waals surface area contributed by atoms with Gasteiger partial charge >= 0.3 is 0 Å². The van der Waals surface area contributed by atoms with Gasteiger partial charge in [0.1, 0.15) is 5.75 Å². The average Bonchev–Trinajstić information content (AvgIpc) is 2.42. The highest BCUT2D eigenvalue weighted by atomic mass is 16.5. The molecule has 1 rings (SSSR count). The number of para-hydroxylation sites is 1. The van der Waals surface area contributed by atoms with Crippen LogP contribution in [0, 0.1) is 12.8 Å². The summed E-state index contributed by atoms with van der Waals surface area (Å²) in [6.07, 6.45) is 1.33. The third kappa shape index (κ3) is 7.71. The van der Waals surface area contributed by atoms with Crippen molar-refractivity contribution in [1.82, 2.24) is 5.32 Å². The summed E-state index contributed by atoms with van der Waals surface area (Å²) in [6.45, 7) is 6.95. The third-order valence-electron chi connectivity index (χ3n) is 3.18. The number of amides is 1. The molecule has 0 aliphatic carbocycles. The first-order chi connectivity index (χ1) is 9.99. The van der Waals surface area contributed by atoms with Crippen molar-refractivity contribution in [3.63, 3.8) is 0 Å². The number of carbonyl (C=O) groups excluding carboxylic acids is 1. The zero-order valence-electron chi connectivity index (χ0n) is 13.3. The van der Waals surface area contributed by atoms with Gasteiger partial charge in [0.15, 0.2) is 0 Å². The smallest absolute Gasteiger partial charge is 0.220 e. The van der Waals surface area contributed by atoms with E-state index in [4.69, 9.17) is 4.74 Å². The fourth-order valence-electron chi connectivity index (χ4n) is 2.08. The molecule has 1 aromatic rings. The highest BCUT2D eigenvalue weighted by Crippen LogP contribution is 2.16. The molecule has 118 valence electrons. The molecular formula is C17H27NO3. The Morgan fingerprint density at radius 2 is 2.05 bits per heavy atom. The van der Waals surface area contributed by atoms with E-state index in [1.54, 1.807) is 0 Å². The van der Waals surface area contributed by atoms with Gasteiger partial charge in [0.05, 0.1) is 12.7 Å². The van der Waals surface area contributed by atoms with Gasteiger partial charge in [-0.1, -0.05) is 32.0 Å². The standard InChI is InChI=1S/C17H27NO3/c1-13(2)11-15(19)12-18-17(20)9-6-10-21-16-8-5-4-7-14(16)3/h4-5,7-8,13,15,19H,6,9-12H2,1-3H3,(H,18,20). The Morgan fingerprint density at radius 1 is 1.33 bits per heavy atom. The molecule has 1 atom stereocenters. The fraction of sp³-hybridized carbons (Fsp3) is 0.588. The molecule has 0 radical (unpaired) electrons. The van der Waals surface area contributed by atoms with E-state index >= 15 is 0 Å². The number of rotatable bonds is 9. The van der Waals surface area contributed by atoms with E-state index in [1.807, 2.05) is 45.0 Å². The second kappa shape index (κ2) is 9.40. The number of benzene rings is 1. The van der Waals surface area contributed by atoms with Crippen LogP contribution in [0.25, 0.3) is 0 Å². The van der Waals surface area contributed by atoms with Crippen LogP contribution >= 0.6 is 0 Å². The van der Waals surface area contributed by atoms with Crippen LogP contribution in [0.1, 0.15) is 38.7 Å². The SMILES string of the molecule is Cc1ccccc1OCCCC(=O)NCC(O)CC(C)C. The van der Waals surface area contributed by atoms with Crippen molar-refractivity contribution >= 4 is 5.91 Å². The van der Waals surface area contributed by atoms with Crippen molar-refractivity contribution in [3.05, 3.63) is 29.8 Å². The summed E-state index contributed by atoms with van der Waals surface area (Å²) in [5, 5.41) is 12.4. The Morgan fingerprint density at radius 3 is 2.71 bits per heavy atom. The van der Waals surface area contributed by atoms with Crippen LogP contribution in [-0.4, -0.2) is 30.3 Å². The van der Waals surface area contributed by atoms with Crippen molar-refractivity contribution in [2.45, 2.75) is 46.1 Å². The van der Waals surface area contributed by atoms with Crippen molar-refractivity contribution in [1.29, 1.82) is 0 Å². The van der Waals surface area contributed by atoms with Crippen LogP contribution < -0.4 is 10.1 Å². The number of ether oxygens (including phenoxy) is 1. The van der Waals surface area contributed by atoms with Crippen molar-refractivity contribution in [3.8, 4) is 5.75 Å². The van der Waals surface area contributed by atoms with Crippen LogP contribution in [-0.2, 0) is 4.79 Å². The minimum absolute atomic E-state index is 0.0359. The van der Waals surface area contributed by atoms with Crippen LogP contribution in [0.3, 0.4) is 0 Å². The summed E-state index contributed by atoms with van der Waals surface area (Å²) in [5.74, 6) is 1.26. The molecule has 4 nitrogen and oxygen atoms in total. The average molecular weight is 293 g/mol. The molecule has 1 aromatic carbocycles. The predicted octanol–water partition coefficient (Wildman–Crippen LogP) is 2.68. The van der Waals surface area contributed by atoms with E-state index in [2.05, 4.69) is 5.32 Å². The lowest BCUT2D eigenvalue weighted by atomic mass is 10.1. The summed E-state index contributed by atoms with van der Waals surface area (Å²) >= 11 is 0. The first-order valence-electron chi connectivity index (χ1n) is 7.62. The van der Waals surface area contributed by atoms with Gasteiger partial charge in [0.25, 0.3) is 0 Å². The zero-order valence-corrected chi connectivity index (χ0v) is 13.3. The van der Waals surface area contributed by atoms with Gasteiger partial charge in [0.2, 0.25) is 5.91 Å². The minimum atomic E-state index is -0.461. The summed E-state index contributed by atoms with van der Waals surface area (Å²) in [5.41, 5.74) is 1.10. The predicted molar refractivity (Wildman–Crippen MR) is 84.4 cm³/mol. The molecule has 0 aliphatic heterocycles. The Labute approximate surface area is 127 Å². The molecule has 21 heavy (non-hydrogen) atoms. The van der Waals surface area contributed by atoms with Gasteiger partial charge < -0.3 is 15.2 Å². The maximum Gasteiger partial charge on any atom is 0.220 e. The molecule has 0 fully saturated rings. The van der Waals surface area contributed by atoms with Crippen molar-refractivity contribution < 1.29 is 14.6 Å². The highest BCUT2D eigenvalue weighted by molar-refractivity contribution is 5.75. The monoisotopic (exact) mass is 293 g/mol. The number of aliphatic hydroxyl groups excluding tert-OH is 1. The number of aryl methyl sites for hydroxylation is 1. The summed E-state index contributed by atoms with van der Waals surface area (Å²) in [7, 11) is 0. The largest absolute Gasteiger partial charge is 0.493 e. The van der Waals surface area contributed by atoms with Gasteiger partial charge in [-0.3, -0.25) is 4.79 Å². The third-order valence-corrected chi connectivity index (χ3v) is 3.18. The number of hydrogen-bond donors (Lipinski definition) is 2. The summed E-state index contributed by atoms with van der Waals surface area (Å²) in [6, 6.07) is 7.83. The Kier molecular flexibility index (Phi) is 7.83. The number of hydrogen-bond acceptors (Lipinski definition) is 3. The first-order valence-corrected chi connectivity index (χ1v) is 7.62. The molecule has 2 N–H and O–H groups in total. The maximum atomic E-state index is 11.6. The van der Waals surface area contributed by atoms with E-state index < -0.39 is 6.10 Å². The van der Waals surface area contributed by atoms with Gasteiger partial charge in [0, 0.05) is 13.0 Å². The van der Waals surface area contributed by atoms with E-state index in [0.29, 0.717) is 38.3 Å². The van der Waals surface area contributed by atoms with Crippen LogP contribution in [0.2, 0.25) is 0 Å². The van der Waals surface area contributed by atoms with Crippen LogP contribution in [0.4, 0.5) is 0 Å². The molecule has 1 unspecified atom stereocenters.